The van der Waals surface area contributed by atoms with E-state index in [1.165, 1.54) is 5.56 Å². The fourth-order valence-corrected chi connectivity index (χ4v) is 4.57. The number of fused-ring (bicyclic) bond motifs is 1. The van der Waals surface area contributed by atoms with Gasteiger partial charge < -0.3 is 21.1 Å². The quantitative estimate of drug-likeness (QED) is 0.597. The molecule has 4 rings (SSSR count). The van der Waals surface area contributed by atoms with Crippen molar-refractivity contribution in [2.45, 2.75) is 51.0 Å². The third-order valence-corrected chi connectivity index (χ3v) is 6.23. The molecule has 2 aliphatic rings. The number of carbonyl (C=O) groups is 2. The fraction of sp³-hybridized carbons (Fsp3) is 0.478. The van der Waals surface area contributed by atoms with E-state index >= 15 is 0 Å². The molecule has 2 aromatic heterocycles. The van der Waals surface area contributed by atoms with Crippen molar-refractivity contribution in [3.63, 3.8) is 0 Å². The number of anilines is 2. The van der Waals surface area contributed by atoms with Gasteiger partial charge >= 0.3 is 5.97 Å². The maximum atomic E-state index is 13.1. The van der Waals surface area contributed by atoms with Crippen LogP contribution in [-0.2, 0) is 22.4 Å². The number of aryl methyl sites for hydroxylation is 2. The van der Waals surface area contributed by atoms with Crippen LogP contribution >= 0.6 is 0 Å². The van der Waals surface area contributed by atoms with Crippen molar-refractivity contribution in [1.82, 2.24) is 14.9 Å². The van der Waals surface area contributed by atoms with Gasteiger partial charge in [0.15, 0.2) is 0 Å². The number of carboxylic acid groups (broad SMARTS) is 1. The lowest BCUT2D eigenvalue weighted by molar-refractivity contribution is -0.140. The van der Waals surface area contributed by atoms with Gasteiger partial charge in [-0.1, -0.05) is 12.1 Å². The zero-order valence-corrected chi connectivity index (χ0v) is 17.6. The summed E-state index contributed by atoms with van der Waals surface area (Å²) >= 11 is 0. The Bertz CT molecular complexity index is 947. The van der Waals surface area contributed by atoms with Crippen LogP contribution in [-0.4, -0.2) is 44.9 Å². The highest BCUT2D eigenvalue weighted by molar-refractivity contribution is 5.82. The first-order chi connectivity index (χ1) is 15.0. The molecule has 0 saturated carbocycles. The Kier molecular flexibility index (Phi) is 6.34. The summed E-state index contributed by atoms with van der Waals surface area (Å²) in [5, 5.41) is 12.7. The van der Waals surface area contributed by atoms with Crippen molar-refractivity contribution in [1.29, 1.82) is 0 Å². The first-order valence-corrected chi connectivity index (χ1v) is 11.0. The Morgan fingerprint density at radius 1 is 1.32 bits per heavy atom. The van der Waals surface area contributed by atoms with Crippen molar-refractivity contribution in [3.05, 3.63) is 47.3 Å². The minimum absolute atomic E-state index is 0.0307. The minimum Gasteiger partial charge on any atom is -0.481 e. The molecule has 4 heterocycles. The number of nitrogens with two attached hydrogens (primary N) is 1. The topological polar surface area (TPSA) is 121 Å². The van der Waals surface area contributed by atoms with E-state index in [4.69, 9.17) is 10.7 Å². The number of carbonyl (C=O) groups excluding carboxylic acids is 1. The summed E-state index contributed by atoms with van der Waals surface area (Å²) in [4.78, 5) is 35.0. The van der Waals surface area contributed by atoms with Crippen LogP contribution in [0.25, 0.3) is 0 Å². The molecule has 1 saturated heterocycles. The van der Waals surface area contributed by atoms with Crippen LogP contribution in [0.1, 0.15) is 55.0 Å². The number of nitrogen functional groups attached to an aromatic ring is 1. The van der Waals surface area contributed by atoms with E-state index in [1.54, 1.807) is 23.2 Å². The monoisotopic (exact) mass is 423 g/mol. The van der Waals surface area contributed by atoms with E-state index in [2.05, 4.69) is 22.4 Å². The van der Waals surface area contributed by atoms with Crippen LogP contribution in [0.3, 0.4) is 0 Å². The van der Waals surface area contributed by atoms with E-state index in [9.17, 15) is 14.7 Å². The molecule has 0 bridgehead atoms. The standard InChI is InChI=1S/C23H29N5O3/c24-20-9-7-17(14-26-20)19(13-21(29)30)28-12-10-16(23(28)31)3-1-5-18-8-6-15-4-2-11-25-22(15)27-18/h6-9,14,16,19H,1-5,10-13H2,(H2,24,26)(H,25,27)(H,29,30)/t16?,19-/m0/s1. The van der Waals surface area contributed by atoms with Crippen LogP contribution < -0.4 is 11.1 Å². The molecule has 31 heavy (non-hydrogen) atoms. The van der Waals surface area contributed by atoms with Crippen LogP contribution in [0.15, 0.2) is 30.5 Å². The number of likely N-dealkylation sites (tertiary alicyclic amines) is 1. The molecule has 8 heteroatoms. The number of pyridine rings is 2. The van der Waals surface area contributed by atoms with Gasteiger partial charge in [-0.05, 0) is 61.8 Å². The van der Waals surface area contributed by atoms with Crippen LogP contribution in [0.5, 0.6) is 0 Å². The number of nitrogens with one attached hydrogen (secondary N) is 1. The van der Waals surface area contributed by atoms with Crippen LogP contribution in [0.2, 0.25) is 0 Å². The summed E-state index contributed by atoms with van der Waals surface area (Å²) in [7, 11) is 0. The van der Waals surface area contributed by atoms with Gasteiger partial charge in [-0.2, -0.15) is 0 Å². The zero-order chi connectivity index (χ0) is 21.8. The molecule has 2 aromatic rings. The smallest absolute Gasteiger partial charge is 0.305 e. The number of hydrogen-bond acceptors (Lipinski definition) is 6. The number of aromatic nitrogens is 2. The van der Waals surface area contributed by atoms with Crippen LogP contribution in [0.4, 0.5) is 11.6 Å². The molecular weight excluding hydrogens is 394 g/mol. The van der Waals surface area contributed by atoms with E-state index in [0.29, 0.717) is 17.9 Å². The molecule has 1 fully saturated rings. The average Bonchev–Trinajstić information content (AvgIpc) is 3.13. The van der Waals surface area contributed by atoms with Crippen molar-refractivity contribution in [3.8, 4) is 0 Å². The summed E-state index contributed by atoms with van der Waals surface area (Å²) in [6, 6.07) is 7.13. The second kappa shape index (κ2) is 9.32. The van der Waals surface area contributed by atoms with E-state index < -0.39 is 12.0 Å². The molecule has 164 valence electrons. The van der Waals surface area contributed by atoms with Crippen molar-refractivity contribution < 1.29 is 14.7 Å². The van der Waals surface area contributed by atoms with Crippen molar-refractivity contribution in [2.75, 3.05) is 24.1 Å². The van der Waals surface area contributed by atoms with Gasteiger partial charge in [-0.25, -0.2) is 9.97 Å². The van der Waals surface area contributed by atoms with E-state index in [1.807, 2.05) is 0 Å². The van der Waals surface area contributed by atoms with E-state index in [-0.39, 0.29) is 18.2 Å². The minimum atomic E-state index is -0.940. The Morgan fingerprint density at radius 2 is 2.19 bits per heavy atom. The van der Waals surface area contributed by atoms with Gasteiger partial charge in [-0.15, -0.1) is 0 Å². The van der Waals surface area contributed by atoms with Gasteiger partial charge in [-0.3, -0.25) is 9.59 Å². The maximum absolute atomic E-state index is 13.1. The molecule has 0 spiro atoms. The Morgan fingerprint density at radius 3 is 2.97 bits per heavy atom. The number of nitrogens with zero attached hydrogens (tertiary/aromatic N) is 3. The average molecular weight is 424 g/mol. The molecular formula is C23H29N5O3. The van der Waals surface area contributed by atoms with Gasteiger partial charge in [0.2, 0.25) is 5.91 Å². The highest BCUT2D eigenvalue weighted by Gasteiger charge is 2.37. The number of rotatable bonds is 8. The lowest BCUT2D eigenvalue weighted by Gasteiger charge is -2.27. The van der Waals surface area contributed by atoms with Gasteiger partial charge in [0.05, 0.1) is 12.5 Å². The van der Waals surface area contributed by atoms with Gasteiger partial charge in [0.25, 0.3) is 0 Å². The number of carboxylic acids is 1. The van der Waals surface area contributed by atoms with Crippen molar-refractivity contribution >= 4 is 23.5 Å². The molecule has 0 aliphatic carbocycles. The molecule has 0 aromatic carbocycles. The number of hydrogen-bond donors (Lipinski definition) is 3. The molecule has 8 nitrogen and oxygen atoms in total. The number of aliphatic carboxylic acids is 1. The Hall–Kier alpha value is -3.16. The Balaban J connectivity index is 1.36. The molecule has 1 amide bonds. The molecule has 2 aliphatic heterocycles. The summed E-state index contributed by atoms with van der Waals surface area (Å²) in [6.45, 7) is 1.53. The molecule has 1 unspecified atom stereocenters. The van der Waals surface area contributed by atoms with E-state index in [0.717, 1.165) is 56.6 Å². The maximum Gasteiger partial charge on any atom is 0.305 e. The summed E-state index contributed by atoms with van der Waals surface area (Å²) in [6.07, 6.45) is 6.88. The highest BCUT2D eigenvalue weighted by Crippen LogP contribution is 2.33. The third-order valence-electron chi connectivity index (χ3n) is 6.23. The largest absolute Gasteiger partial charge is 0.481 e. The fourth-order valence-electron chi connectivity index (χ4n) is 4.57. The van der Waals surface area contributed by atoms with Crippen molar-refractivity contribution in [2.24, 2.45) is 5.92 Å². The predicted molar refractivity (Wildman–Crippen MR) is 117 cm³/mol. The highest BCUT2D eigenvalue weighted by atomic mass is 16.4. The normalized spacial score (nSPS) is 19.0. The third kappa shape index (κ3) is 4.95. The lowest BCUT2D eigenvalue weighted by atomic mass is 9.98. The second-order valence-corrected chi connectivity index (χ2v) is 8.38. The SMILES string of the molecule is Nc1ccc([C@H](CC(=O)O)N2CCC(CCCc3ccc4c(n3)NCCC4)C2=O)cn1. The summed E-state index contributed by atoms with van der Waals surface area (Å²) in [5.74, 6) is 0.386. The second-order valence-electron chi connectivity index (χ2n) is 8.38. The molecule has 0 radical (unpaired) electrons. The zero-order valence-electron chi connectivity index (χ0n) is 17.6. The molecule has 4 N–H and O–H groups in total. The van der Waals surface area contributed by atoms with Gasteiger partial charge in [0, 0.05) is 30.9 Å². The Labute approximate surface area is 181 Å². The molecule has 2 atom stereocenters. The summed E-state index contributed by atoms with van der Waals surface area (Å²) < 4.78 is 0. The van der Waals surface area contributed by atoms with Gasteiger partial charge in [0.1, 0.15) is 11.6 Å². The van der Waals surface area contributed by atoms with Crippen LogP contribution in [0, 0.1) is 5.92 Å². The number of amides is 1. The predicted octanol–water partition coefficient (Wildman–Crippen LogP) is 2.80. The first kappa shape index (κ1) is 21.1. The summed E-state index contributed by atoms with van der Waals surface area (Å²) in [5.41, 5.74) is 8.68. The first-order valence-electron chi connectivity index (χ1n) is 11.0. The lowest BCUT2D eigenvalue weighted by Crippen LogP contribution is -2.33.